The van der Waals surface area contributed by atoms with E-state index in [-0.39, 0.29) is 19.3 Å². The first kappa shape index (κ1) is 13.9. The highest BCUT2D eigenvalue weighted by molar-refractivity contribution is 5.92. The zero-order chi connectivity index (χ0) is 15.6. The second-order valence-electron chi connectivity index (χ2n) is 5.69. The second kappa shape index (κ2) is 5.83. The number of amides is 1. The summed E-state index contributed by atoms with van der Waals surface area (Å²) in [6.07, 6.45) is 3.43. The maximum atomic E-state index is 12.0. The average molecular weight is 311 g/mol. The van der Waals surface area contributed by atoms with Crippen LogP contribution in [0.1, 0.15) is 17.5 Å². The Morgan fingerprint density at radius 3 is 2.87 bits per heavy atom. The van der Waals surface area contributed by atoms with Gasteiger partial charge in [0.1, 0.15) is 5.75 Å². The number of fused-ring (bicyclic) bond motifs is 2. The summed E-state index contributed by atoms with van der Waals surface area (Å²) >= 11 is 0. The Bertz CT molecular complexity index is 757. The largest absolute Gasteiger partial charge is 0.484 e. The van der Waals surface area contributed by atoms with Gasteiger partial charge in [0.05, 0.1) is 0 Å². The Hall–Kier alpha value is -2.69. The van der Waals surface area contributed by atoms with E-state index in [1.54, 1.807) is 18.2 Å². The molecule has 5 nitrogen and oxygen atoms in total. The summed E-state index contributed by atoms with van der Waals surface area (Å²) in [7, 11) is 0. The zero-order valence-corrected chi connectivity index (χ0v) is 12.6. The normalized spacial score (nSPS) is 14.4. The number of ether oxygens (including phenoxy) is 3. The number of hydrogen-bond acceptors (Lipinski definition) is 4. The van der Waals surface area contributed by atoms with Crippen LogP contribution in [0.2, 0.25) is 0 Å². The third-order valence-corrected chi connectivity index (χ3v) is 4.10. The van der Waals surface area contributed by atoms with E-state index < -0.39 is 0 Å². The van der Waals surface area contributed by atoms with E-state index in [0.29, 0.717) is 17.2 Å². The van der Waals surface area contributed by atoms with Crippen molar-refractivity contribution in [2.75, 3.05) is 18.7 Å². The molecular weight excluding hydrogens is 294 g/mol. The number of carbonyl (C=O) groups is 1. The molecule has 1 amide bonds. The van der Waals surface area contributed by atoms with Gasteiger partial charge in [0.25, 0.3) is 5.91 Å². The monoisotopic (exact) mass is 311 g/mol. The van der Waals surface area contributed by atoms with E-state index in [1.807, 2.05) is 12.1 Å². The summed E-state index contributed by atoms with van der Waals surface area (Å²) in [4.78, 5) is 12.0. The van der Waals surface area contributed by atoms with Gasteiger partial charge in [-0.2, -0.15) is 0 Å². The van der Waals surface area contributed by atoms with E-state index >= 15 is 0 Å². The number of anilines is 1. The molecule has 2 aromatic carbocycles. The lowest BCUT2D eigenvalue weighted by Crippen LogP contribution is -2.20. The first-order chi connectivity index (χ1) is 11.3. The van der Waals surface area contributed by atoms with Crippen LogP contribution in [0.4, 0.5) is 5.69 Å². The van der Waals surface area contributed by atoms with Gasteiger partial charge in [0, 0.05) is 11.8 Å². The van der Waals surface area contributed by atoms with E-state index in [0.717, 1.165) is 18.6 Å². The summed E-state index contributed by atoms with van der Waals surface area (Å²) in [6.45, 7) is 0.196. The van der Waals surface area contributed by atoms with Gasteiger partial charge in [-0.1, -0.05) is 6.07 Å². The summed E-state index contributed by atoms with van der Waals surface area (Å²) < 4.78 is 16.1. The fourth-order valence-corrected chi connectivity index (χ4v) is 2.96. The molecule has 1 aliphatic heterocycles. The number of benzene rings is 2. The molecule has 0 fully saturated rings. The van der Waals surface area contributed by atoms with Crippen LogP contribution < -0.4 is 19.5 Å². The highest BCUT2D eigenvalue weighted by Crippen LogP contribution is 2.34. The summed E-state index contributed by atoms with van der Waals surface area (Å²) in [5.74, 6) is 1.87. The quantitative estimate of drug-likeness (QED) is 0.943. The molecule has 1 heterocycles. The second-order valence-corrected chi connectivity index (χ2v) is 5.69. The Morgan fingerprint density at radius 1 is 1.04 bits per heavy atom. The number of aryl methyl sites for hydroxylation is 2. The predicted octanol–water partition coefficient (Wildman–Crippen LogP) is 2.92. The standard InChI is InChI=1S/C18H17NO4/c20-18(19-14-5-7-16-17(9-14)23-11-22-16)10-21-15-6-4-12-2-1-3-13(12)8-15/h4-9H,1-3,10-11H2,(H,19,20). The minimum absolute atomic E-state index is 0.0206. The molecule has 0 saturated heterocycles. The van der Waals surface area contributed by atoms with Gasteiger partial charge in [0.2, 0.25) is 6.79 Å². The fraction of sp³-hybridized carbons (Fsp3) is 0.278. The minimum atomic E-state index is -0.204. The smallest absolute Gasteiger partial charge is 0.262 e. The van der Waals surface area contributed by atoms with Crippen LogP contribution in [-0.4, -0.2) is 19.3 Å². The van der Waals surface area contributed by atoms with Gasteiger partial charge in [-0.25, -0.2) is 0 Å². The molecule has 118 valence electrons. The molecule has 2 aromatic rings. The van der Waals surface area contributed by atoms with Gasteiger partial charge in [-0.05, 0) is 54.7 Å². The molecule has 0 saturated carbocycles. The van der Waals surface area contributed by atoms with Crippen molar-refractivity contribution in [2.45, 2.75) is 19.3 Å². The van der Waals surface area contributed by atoms with E-state index in [4.69, 9.17) is 14.2 Å². The SMILES string of the molecule is O=C(COc1ccc2c(c1)CCC2)Nc1ccc2c(c1)OCO2. The van der Waals surface area contributed by atoms with Crippen LogP contribution in [-0.2, 0) is 17.6 Å². The van der Waals surface area contributed by atoms with Gasteiger partial charge < -0.3 is 19.5 Å². The van der Waals surface area contributed by atoms with Gasteiger partial charge in [0.15, 0.2) is 18.1 Å². The van der Waals surface area contributed by atoms with Crippen LogP contribution in [0, 0.1) is 0 Å². The average Bonchev–Trinajstić information content (AvgIpc) is 3.20. The number of rotatable bonds is 4. The predicted molar refractivity (Wildman–Crippen MR) is 85.2 cm³/mol. The van der Waals surface area contributed by atoms with Crippen LogP contribution in [0.15, 0.2) is 36.4 Å². The number of carbonyl (C=O) groups excluding carboxylic acids is 1. The summed E-state index contributed by atoms with van der Waals surface area (Å²) in [5, 5.41) is 2.79. The van der Waals surface area contributed by atoms with Crippen LogP contribution >= 0.6 is 0 Å². The lowest BCUT2D eigenvalue weighted by molar-refractivity contribution is -0.118. The number of nitrogens with one attached hydrogen (secondary N) is 1. The third-order valence-electron chi connectivity index (χ3n) is 4.10. The molecule has 0 spiro atoms. The molecule has 1 aliphatic carbocycles. The molecule has 1 N–H and O–H groups in total. The van der Waals surface area contributed by atoms with Crippen molar-refractivity contribution in [3.05, 3.63) is 47.5 Å². The highest BCUT2D eigenvalue weighted by atomic mass is 16.7. The maximum absolute atomic E-state index is 12.0. The van der Waals surface area contributed by atoms with E-state index in [2.05, 4.69) is 11.4 Å². The Labute approximate surface area is 134 Å². The van der Waals surface area contributed by atoms with Crippen molar-refractivity contribution < 1.29 is 19.0 Å². The molecule has 5 heteroatoms. The molecule has 23 heavy (non-hydrogen) atoms. The van der Waals surface area contributed by atoms with E-state index in [9.17, 15) is 4.79 Å². The molecule has 2 aliphatic rings. The van der Waals surface area contributed by atoms with Crippen molar-refractivity contribution >= 4 is 11.6 Å². The molecule has 0 unspecified atom stereocenters. The molecular formula is C18H17NO4. The molecule has 0 radical (unpaired) electrons. The van der Waals surface area contributed by atoms with Gasteiger partial charge in [-0.3, -0.25) is 4.79 Å². The summed E-state index contributed by atoms with van der Waals surface area (Å²) in [6, 6.07) is 11.4. The topological polar surface area (TPSA) is 56.8 Å². The molecule has 0 atom stereocenters. The van der Waals surface area contributed by atoms with E-state index in [1.165, 1.54) is 17.5 Å². The highest BCUT2D eigenvalue weighted by Gasteiger charge is 2.15. The van der Waals surface area contributed by atoms with Gasteiger partial charge in [-0.15, -0.1) is 0 Å². The van der Waals surface area contributed by atoms with Crippen LogP contribution in [0.25, 0.3) is 0 Å². The lowest BCUT2D eigenvalue weighted by Gasteiger charge is -2.09. The first-order valence-electron chi connectivity index (χ1n) is 7.72. The number of hydrogen-bond donors (Lipinski definition) is 1. The third kappa shape index (κ3) is 2.95. The van der Waals surface area contributed by atoms with Crippen LogP contribution in [0.5, 0.6) is 17.2 Å². The molecule has 4 rings (SSSR count). The molecule has 0 aromatic heterocycles. The fourth-order valence-electron chi connectivity index (χ4n) is 2.96. The van der Waals surface area contributed by atoms with Crippen molar-refractivity contribution in [3.8, 4) is 17.2 Å². The Kier molecular flexibility index (Phi) is 3.54. The zero-order valence-electron chi connectivity index (χ0n) is 12.6. The van der Waals surface area contributed by atoms with Gasteiger partial charge >= 0.3 is 0 Å². The first-order valence-corrected chi connectivity index (χ1v) is 7.72. The Morgan fingerprint density at radius 2 is 1.91 bits per heavy atom. The lowest BCUT2D eigenvalue weighted by atomic mass is 10.1. The minimum Gasteiger partial charge on any atom is -0.484 e. The van der Waals surface area contributed by atoms with Crippen molar-refractivity contribution in [2.24, 2.45) is 0 Å². The Balaban J connectivity index is 1.35. The van der Waals surface area contributed by atoms with Crippen LogP contribution in [0.3, 0.4) is 0 Å². The van der Waals surface area contributed by atoms with Crippen molar-refractivity contribution in [1.82, 2.24) is 0 Å². The molecule has 0 bridgehead atoms. The van der Waals surface area contributed by atoms with Crippen molar-refractivity contribution in [1.29, 1.82) is 0 Å². The summed E-state index contributed by atoms with van der Waals surface area (Å²) in [5.41, 5.74) is 3.39. The maximum Gasteiger partial charge on any atom is 0.262 e. The van der Waals surface area contributed by atoms with Crippen molar-refractivity contribution in [3.63, 3.8) is 0 Å².